The molecule has 9 heteroatoms. The molecule has 0 aliphatic carbocycles. The fourth-order valence-electron chi connectivity index (χ4n) is 1.60. The second kappa shape index (κ2) is 5.10. The third-order valence-corrected chi connectivity index (χ3v) is 3.70. The minimum atomic E-state index is -4.49. The Labute approximate surface area is 116 Å². The van der Waals surface area contributed by atoms with Gasteiger partial charge in [0.05, 0.1) is 5.52 Å². The van der Waals surface area contributed by atoms with Gasteiger partial charge in [-0.25, -0.2) is 8.42 Å². The van der Waals surface area contributed by atoms with Crippen molar-refractivity contribution in [2.24, 2.45) is 0 Å². The van der Waals surface area contributed by atoms with E-state index in [2.05, 4.69) is 9.72 Å². The molecule has 0 N–H and O–H groups in total. The summed E-state index contributed by atoms with van der Waals surface area (Å²) in [7, 11) is 1.19. The Morgan fingerprint density at radius 3 is 2.55 bits per heavy atom. The highest BCUT2D eigenvalue weighted by atomic mass is 35.7. The minimum absolute atomic E-state index is 0.0397. The fourth-order valence-corrected chi connectivity index (χ4v) is 2.60. The molecule has 0 amide bonds. The Morgan fingerprint density at radius 1 is 1.25 bits per heavy atom. The molecule has 2 aromatic rings. The van der Waals surface area contributed by atoms with Gasteiger partial charge >= 0.3 is 6.18 Å². The van der Waals surface area contributed by atoms with Crippen molar-refractivity contribution >= 4 is 30.6 Å². The van der Waals surface area contributed by atoms with Gasteiger partial charge in [0.15, 0.2) is 6.61 Å². The summed E-state index contributed by atoms with van der Waals surface area (Å²) in [4.78, 5) is 3.54. The van der Waals surface area contributed by atoms with E-state index in [4.69, 9.17) is 10.7 Å². The molecule has 0 aliphatic heterocycles. The predicted molar refractivity (Wildman–Crippen MR) is 66.3 cm³/mol. The number of hydrogen-bond donors (Lipinski definition) is 0. The predicted octanol–water partition coefficient (Wildman–Crippen LogP) is 3.10. The number of benzene rings is 1. The highest BCUT2D eigenvalue weighted by Crippen LogP contribution is 2.32. The van der Waals surface area contributed by atoms with E-state index in [1.165, 1.54) is 18.3 Å². The zero-order valence-corrected chi connectivity index (χ0v) is 11.3. The van der Waals surface area contributed by atoms with Crippen LogP contribution >= 0.6 is 10.7 Å². The molecule has 0 bridgehead atoms. The highest BCUT2D eigenvalue weighted by molar-refractivity contribution is 8.14. The molecule has 0 unspecified atom stereocenters. The average Bonchev–Trinajstić information content (AvgIpc) is 2.33. The summed E-state index contributed by atoms with van der Waals surface area (Å²) < 4.78 is 63.9. The van der Waals surface area contributed by atoms with Crippen molar-refractivity contribution in [2.75, 3.05) is 6.61 Å². The fraction of sp³-hybridized carbons (Fsp3) is 0.182. The largest absolute Gasteiger partial charge is 0.483 e. The van der Waals surface area contributed by atoms with Gasteiger partial charge in [0.25, 0.3) is 9.05 Å². The number of rotatable bonds is 3. The molecular formula is C11H7ClF3NO3S. The number of alkyl halides is 3. The van der Waals surface area contributed by atoms with E-state index in [1.807, 2.05) is 0 Å². The van der Waals surface area contributed by atoms with Crippen molar-refractivity contribution in [1.82, 2.24) is 4.98 Å². The number of halogens is 4. The molecule has 1 aromatic heterocycles. The molecule has 0 spiro atoms. The lowest BCUT2D eigenvalue weighted by Gasteiger charge is -2.12. The lowest BCUT2D eigenvalue weighted by molar-refractivity contribution is -0.153. The normalized spacial score (nSPS) is 12.6. The third kappa shape index (κ3) is 3.31. The van der Waals surface area contributed by atoms with E-state index in [0.717, 1.165) is 12.1 Å². The van der Waals surface area contributed by atoms with Crippen LogP contribution in [0.25, 0.3) is 10.9 Å². The number of ether oxygens (including phenoxy) is 1. The van der Waals surface area contributed by atoms with Crippen molar-refractivity contribution in [2.45, 2.75) is 11.1 Å². The van der Waals surface area contributed by atoms with Crippen molar-refractivity contribution in [3.8, 4) is 5.75 Å². The molecule has 0 aliphatic rings. The second-order valence-electron chi connectivity index (χ2n) is 3.80. The number of pyridine rings is 1. The SMILES string of the molecule is O=S(=O)(Cl)c1ccc(OCC(F)(F)F)c2cccnc12. The Kier molecular flexibility index (Phi) is 3.79. The Hall–Kier alpha value is -1.54. The summed E-state index contributed by atoms with van der Waals surface area (Å²) in [6.45, 7) is -1.48. The van der Waals surface area contributed by atoms with Crippen LogP contribution in [0.1, 0.15) is 0 Å². The highest BCUT2D eigenvalue weighted by Gasteiger charge is 2.29. The summed E-state index contributed by atoms with van der Waals surface area (Å²) >= 11 is 0. The Bertz CT molecular complexity index is 746. The molecule has 0 radical (unpaired) electrons. The lowest BCUT2D eigenvalue weighted by Crippen LogP contribution is -2.19. The number of aromatic nitrogens is 1. The van der Waals surface area contributed by atoms with Gasteiger partial charge in [-0.05, 0) is 24.3 Å². The maximum atomic E-state index is 12.2. The first-order chi connectivity index (χ1) is 9.18. The summed E-state index contributed by atoms with van der Waals surface area (Å²) in [6, 6.07) is 5.03. The zero-order chi connectivity index (χ0) is 15.0. The molecule has 0 atom stereocenters. The molecule has 1 heterocycles. The van der Waals surface area contributed by atoms with Crippen LogP contribution in [-0.2, 0) is 9.05 Å². The molecule has 4 nitrogen and oxygen atoms in total. The van der Waals surface area contributed by atoms with Crippen molar-refractivity contribution in [3.05, 3.63) is 30.5 Å². The smallest absolute Gasteiger partial charge is 0.422 e. The van der Waals surface area contributed by atoms with Gasteiger partial charge < -0.3 is 4.74 Å². The monoisotopic (exact) mass is 325 g/mol. The third-order valence-electron chi connectivity index (χ3n) is 2.35. The first-order valence-corrected chi connectivity index (χ1v) is 7.51. The molecule has 108 valence electrons. The van der Waals surface area contributed by atoms with Gasteiger partial charge in [-0.1, -0.05) is 0 Å². The van der Waals surface area contributed by atoms with Gasteiger partial charge in [-0.3, -0.25) is 4.98 Å². The van der Waals surface area contributed by atoms with E-state index in [0.29, 0.717) is 0 Å². The van der Waals surface area contributed by atoms with Crippen molar-refractivity contribution in [1.29, 1.82) is 0 Å². The number of fused-ring (bicyclic) bond motifs is 1. The standard InChI is InChI=1S/C11H7ClF3NO3S/c12-20(17,18)9-4-3-8(19-6-11(13,14)15)7-2-1-5-16-10(7)9/h1-5H,6H2. The first kappa shape index (κ1) is 14.9. The second-order valence-corrected chi connectivity index (χ2v) is 6.34. The maximum Gasteiger partial charge on any atom is 0.422 e. The zero-order valence-electron chi connectivity index (χ0n) is 9.69. The molecule has 20 heavy (non-hydrogen) atoms. The van der Waals surface area contributed by atoms with Crippen LogP contribution in [0.15, 0.2) is 35.4 Å². The van der Waals surface area contributed by atoms with Gasteiger partial charge in [0.2, 0.25) is 0 Å². The van der Waals surface area contributed by atoms with Crippen LogP contribution < -0.4 is 4.74 Å². The van der Waals surface area contributed by atoms with Gasteiger partial charge in [-0.2, -0.15) is 13.2 Å². The van der Waals surface area contributed by atoms with E-state index in [9.17, 15) is 21.6 Å². The molecule has 1 aromatic carbocycles. The van der Waals surface area contributed by atoms with Crippen molar-refractivity contribution < 1.29 is 26.3 Å². The van der Waals surface area contributed by atoms with Crippen LogP contribution in [0.2, 0.25) is 0 Å². The molecule has 0 saturated heterocycles. The van der Waals surface area contributed by atoms with Crippen LogP contribution in [0, 0.1) is 0 Å². The topological polar surface area (TPSA) is 56.3 Å². The maximum absolute atomic E-state index is 12.2. The molecular weight excluding hydrogens is 319 g/mol. The quantitative estimate of drug-likeness (QED) is 0.814. The van der Waals surface area contributed by atoms with E-state index < -0.39 is 21.8 Å². The Balaban J connectivity index is 2.55. The molecule has 2 rings (SSSR count). The molecule has 0 saturated carbocycles. The summed E-state index contributed by atoms with van der Waals surface area (Å²) in [5.41, 5.74) is -0.0397. The number of nitrogens with zero attached hydrogens (tertiary/aromatic N) is 1. The van der Waals surface area contributed by atoms with Crippen LogP contribution in [-0.4, -0.2) is 26.2 Å². The van der Waals surface area contributed by atoms with Crippen LogP contribution in [0.4, 0.5) is 13.2 Å². The minimum Gasteiger partial charge on any atom is -0.483 e. The number of hydrogen-bond acceptors (Lipinski definition) is 4. The Morgan fingerprint density at radius 2 is 1.95 bits per heavy atom. The van der Waals surface area contributed by atoms with E-state index in [-0.39, 0.29) is 21.5 Å². The molecule has 0 fully saturated rings. The van der Waals surface area contributed by atoms with E-state index in [1.54, 1.807) is 0 Å². The average molecular weight is 326 g/mol. The van der Waals surface area contributed by atoms with Gasteiger partial charge in [0, 0.05) is 22.3 Å². The summed E-state index contributed by atoms with van der Waals surface area (Å²) in [5.74, 6) is -0.116. The van der Waals surface area contributed by atoms with Crippen molar-refractivity contribution in [3.63, 3.8) is 0 Å². The van der Waals surface area contributed by atoms with E-state index >= 15 is 0 Å². The summed E-state index contributed by atoms with van der Waals surface area (Å²) in [5, 5.41) is 0.137. The summed E-state index contributed by atoms with van der Waals surface area (Å²) in [6.07, 6.45) is -3.19. The first-order valence-electron chi connectivity index (χ1n) is 5.20. The lowest BCUT2D eigenvalue weighted by atomic mass is 10.2. The van der Waals surface area contributed by atoms with Gasteiger partial charge in [-0.15, -0.1) is 0 Å². The van der Waals surface area contributed by atoms with Crippen LogP contribution in [0.5, 0.6) is 5.75 Å². The van der Waals surface area contributed by atoms with Gasteiger partial charge in [0.1, 0.15) is 10.6 Å². The van der Waals surface area contributed by atoms with Crippen LogP contribution in [0.3, 0.4) is 0 Å².